The number of hydrogen-bond acceptors (Lipinski definition) is 3. The summed E-state index contributed by atoms with van der Waals surface area (Å²) in [4.78, 5) is 0. The zero-order valence-electron chi connectivity index (χ0n) is 14.7. The third kappa shape index (κ3) is 5.75. The highest BCUT2D eigenvalue weighted by molar-refractivity contribution is 5.35. The van der Waals surface area contributed by atoms with Gasteiger partial charge in [0, 0.05) is 6.54 Å². The largest absolute Gasteiger partial charge is 0.389 e. The lowest BCUT2D eigenvalue weighted by molar-refractivity contribution is 0.00644. The van der Waals surface area contributed by atoms with Crippen LogP contribution in [-0.2, 0) is 4.74 Å². The number of ether oxygens (including phenoxy) is 1. The molecule has 0 fully saturated rings. The van der Waals surface area contributed by atoms with Gasteiger partial charge in [-0.3, -0.25) is 0 Å². The van der Waals surface area contributed by atoms with Gasteiger partial charge in [0.2, 0.25) is 0 Å². The SMILES string of the molecule is CCCCNC[C@@H](O)CO[C@@H](c1ccccc1)c1ccccc1C. The van der Waals surface area contributed by atoms with Gasteiger partial charge in [-0.25, -0.2) is 0 Å². The molecule has 0 amide bonds. The van der Waals surface area contributed by atoms with Crippen LogP contribution in [0.5, 0.6) is 0 Å². The fourth-order valence-corrected chi connectivity index (χ4v) is 2.71. The van der Waals surface area contributed by atoms with E-state index in [0.717, 1.165) is 30.5 Å². The Kier molecular flexibility index (Phi) is 7.96. The van der Waals surface area contributed by atoms with Crippen LogP contribution < -0.4 is 5.32 Å². The molecule has 3 nitrogen and oxygen atoms in total. The summed E-state index contributed by atoms with van der Waals surface area (Å²) in [5.74, 6) is 0. The molecule has 0 bridgehead atoms. The van der Waals surface area contributed by atoms with Gasteiger partial charge < -0.3 is 15.2 Å². The van der Waals surface area contributed by atoms with E-state index in [1.165, 1.54) is 5.56 Å². The van der Waals surface area contributed by atoms with Gasteiger partial charge in [-0.2, -0.15) is 0 Å². The highest BCUT2D eigenvalue weighted by atomic mass is 16.5. The van der Waals surface area contributed by atoms with E-state index in [1.807, 2.05) is 30.3 Å². The van der Waals surface area contributed by atoms with Crippen LogP contribution in [0.15, 0.2) is 54.6 Å². The smallest absolute Gasteiger partial charge is 0.108 e. The normalized spacial score (nSPS) is 13.6. The fourth-order valence-electron chi connectivity index (χ4n) is 2.71. The molecule has 0 saturated heterocycles. The Labute approximate surface area is 145 Å². The van der Waals surface area contributed by atoms with Crippen LogP contribution in [0.1, 0.15) is 42.6 Å². The van der Waals surface area contributed by atoms with Gasteiger partial charge in [0.15, 0.2) is 0 Å². The van der Waals surface area contributed by atoms with Crippen LogP contribution in [0.2, 0.25) is 0 Å². The Morgan fingerprint density at radius 1 is 1.04 bits per heavy atom. The molecule has 0 aromatic heterocycles. The Morgan fingerprint density at radius 2 is 1.75 bits per heavy atom. The minimum absolute atomic E-state index is 0.155. The molecule has 24 heavy (non-hydrogen) atoms. The van der Waals surface area contributed by atoms with Crippen molar-refractivity contribution in [3.05, 3.63) is 71.3 Å². The molecule has 0 aliphatic heterocycles. The molecule has 0 heterocycles. The van der Waals surface area contributed by atoms with E-state index in [0.29, 0.717) is 13.2 Å². The van der Waals surface area contributed by atoms with Crippen molar-refractivity contribution in [1.29, 1.82) is 0 Å². The summed E-state index contributed by atoms with van der Waals surface area (Å²) in [7, 11) is 0. The Morgan fingerprint density at radius 3 is 2.46 bits per heavy atom. The van der Waals surface area contributed by atoms with Crippen molar-refractivity contribution in [2.45, 2.75) is 38.9 Å². The third-order valence-corrected chi connectivity index (χ3v) is 4.12. The lowest BCUT2D eigenvalue weighted by atomic mass is 9.97. The van der Waals surface area contributed by atoms with Gasteiger partial charge in [-0.05, 0) is 36.6 Å². The van der Waals surface area contributed by atoms with E-state index < -0.39 is 6.10 Å². The monoisotopic (exact) mass is 327 g/mol. The molecular formula is C21H29NO2. The molecule has 130 valence electrons. The quantitative estimate of drug-likeness (QED) is 0.651. The molecule has 2 rings (SSSR count). The number of unbranched alkanes of at least 4 members (excludes halogenated alkanes) is 1. The number of aliphatic hydroxyl groups is 1. The zero-order chi connectivity index (χ0) is 17.2. The zero-order valence-corrected chi connectivity index (χ0v) is 14.7. The Bertz CT molecular complexity index is 585. The van der Waals surface area contributed by atoms with Gasteiger partial charge in [-0.15, -0.1) is 0 Å². The lowest BCUT2D eigenvalue weighted by Crippen LogP contribution is -2.31. The number of benzene rings is 2. The second-order valence-corrected chi connectivity index (χ2v) is 6.19. The van der Waals surface area contributed by atoms with Gasteiger partial charge in [0.05, 0.1) is 12.7 Å². The van der Waals surface area contributed by atoms with E-state index in [-0.39, 0.29) is 6.10 Å². The van der Waals surface area contributed by atoms with E-state index >= 15 is 0 Å². The van der Waals surface area contributed by atoms with Gasteiger partial charge >= 0.3 is 0 Å². The molecule has 0 spiro atoms. The molecular weight excluding hydrogens is 298 g/mol. The van der Waals surface area contributed by atoms with E-state index in [2.05, 4.69) is 43.4 Å². The molecule has 0 aliphatic rings. The predicted octanol–water partition coefficient (Wildman–Crippen LogP) is 3.85. The summed E-state index contributed by atoms with van der Waals surface area (Å²) in [6, 6.07) is 18.4. The molecule has 0 unspecified atom stereocenters. The predicted molar refractivity (Wildman–Crippen MR) is 99.2 cm³/mol. The van der Waals surface area contributed by atoms with Crippen molar-refractivity contribution in [3.8, 4) is 0 Å². The number of aryl methyl sites for hydroxylation is 1. The average molecular weight is 327 g/mol. The van der Waals surface area contributed by atoms with Crippen LogP contribution in [-0.4, -0.2) is 30.9 Å². The first kappa shape index (κ1) is 18.7. The summed E-state index contributed by atoms with van der Waals surface area (Å²) < 4.78 is 6.12. The highest BCUT2D eigenvalue weighted by Crippen LogP contribution is 2.28. The standard InChI is InChI=1S/C21H29NO2/c1-3-4-14-22-15-19(23)16-24-21(18-11-6-5-7-12-18)20-13-9-8-10-17(20)2/h5-13,19,21-23H,3-4,14-16H2,1-2H3/t19-,21+/m1/s1. The summed E-state index contributed by atoms with van der Waals surface area (Å²) in [6.45, 7) is 6.07. The van der Waals surface area contributed by atoms with Crippen LogP contribution in [0.4, 0.5) is 0 Å². The van der Waals surface area contributed by atoms with Crippen molar-refractivity contribution in [1.82, 2.24) is 5.32 Å². The molecule has 3 heteroatoms. The molecule has 2 aromatic carbocycles. The molecule has 2 atom stereocenters. The van der Waals surface area contributed by atoms with E-state index in [1.54, 1.807) is 0 Å². The minimum atomic E-state index is -0.503. The Balaban J connectivity index is 2.01. The second kappa shape index (κ2) is 10.2. The molecule has 0 radical (unpaired) electrons. The van der Waals surface area contributed by atoms with Crippen LogP contribution in [0.25, 0.3) is 0 Å². The minimum Gasteiger partial charge on any atom is -0.389 e. The van der Waals surface area contributed by atoms with Crippen molar-refractivity contribution in [3.63, 3.8) is 0 Å². The summed E-state index contributed by atoms with van der Waals surface area (Å²) in [5, 5.41) is 13.4. The first-order valence-corrected chi connectivity index (χ1v) is 8.83. The lowest BCUT2D eigenvalue weighted by Gasteiger charge is -2.22. The van der Waals surface area contributed by atoms with Crippen LogP contribution >= 0.6 is 0 Å². The first-order valence-electron chi connectivity index (χ1n) is 8.83. The number of rotatable bonds is 10. The maximum absolute atomic E-state index is 10.2. The maximum atomic E-state index is 10.2. The van der Waals surface area contributed by atoms with Gasteiger partial charge in [0.1, 0.15) is 6.10 Å². The van der Waals surface area contributed by atoms with Crippen LogP contribution in [0, 0.1) is 6.92 Å². The van der Waals surface area contributed by atoms with Crippen LogP contribution in [0.3, 0.4) is 0 Å². The van der Waals surface area contributed by atoms with Gasteiger partial charge in [-0.1, -0.05) is 67.9 Å². The van der Waals surface area contributed by atoms with Gasteiger partial charge in [0.25, 0.3) is 0 Å². The molecule has 2 N–H and O–H groups in total. The molecule has 0 aliphatic carbocycles. The number of aliphatic hydroxyl groups excluding tert-OH is 1. The Hall–Kier alpha value is -1.68. The average Bonchev–Trinajstić information content (AvgIpc) is 2.61. The first-order chi connectivity index (χ1) is 11.7. The van der Waals surface area contributed by atoms with Crippen molar-refractivity contribution in [2.24, 2.45) is 0 Å². The van der Waals surface area contributed by atoms with E-state index in [4.69, 9.17) is 4.74 Å². The molecule has 2 aromatic rings. The topological polar surface area (TPSA) is 41.5 Å². The summed E-state index contributed by atoms with van der Waals surface area (Å²) in [6.07, 6.45) is 1.63. The summed E-state index contributed by atoms with van der Waals surface area (Å²) >= 11 is 0. The fraction of sp³-hybridized carbons (Fsp3) is 0.429. The molecule has 0 saturated carbocycles. The van der Waals surface area contributed by atoms with Crippen molar-refractivity contribution in [2.75, 3.05) is 19.7 Å². The van der Waals surface area contributed by atoms with E-state index in [9.17, 15) is 5.11 Å². The maximum Gasteiger partial charge on any atom is 0.108 e. The summed E-state index contributed by atoms with van der Waals surface area (Å²) in [5.41, 5.74) is 3.45. The third-order valence-electron chi connectivity index (χ3n) is 4.12. The number of nitrogens with one attached hydrogen (secondary N) is 1. The number of hydrogen-bond donors (Lipinski definition) is 2. The van der Waals surface area contributed by atoms with Crippen molar-refractivity contribution >= 4 is 0 Å². The highest BCUT2D eigenvalue weighted by Gasteiger charge is 2.18. The van der Waals surface area contributed by atoms with Crippen molar-refractivity contribution < 1.29 is 9.84 Å². The second-order valence-electron chi connectivity index (χ2n) is 6.19.